The van der Waals surface area contributed by atoms with Gasteiger partial charge in [0.1, 0.15) is 5.82 Å². The molecule has 0 radical (unpaired) electrons. The van der Waals surface area contributed by atoms with Crippen LogP contribution in [0.1, 0.15) is 0 Å². The number of aromatic nitrogens is 1. The van der Waals surface area contributed by atoms with Crippen molar-refractivity contribution in [1.29, 1.82) is 0 Å². The lowest BCUT2D eigenvalue weighted by molar-refractivity contribution is -0.192. The number of hydrogen-bond donors (Lipinski definition) is 2. The number of fused-ring (bicyclic) bond motifs is 1. The normalized spacial score (nSPS) is 23.2. The van der Waals surface area contributed by atoms with Crippen LogP contribution in [-0.4, -0.2) is 67.3 Å². The Hall–Kier alpha value is -2.70. The first-order valence-electron chi connectivity index (χ1n) is 9.71. The molecule has 0 bridgehead atoms. The minimum absolute atomic E-state index is 0.0194. The Balaban J connectivity index is 0.000000360. The first kappa shape index (κ1) is 24.0. The van der Waals surface area contributed by atoms with Gasteiger partial charge < -0.3 is 15.2 Å². The van der Waals surface area contributed by atoms with Gasteiger partial charge in [0.2, 0.25) is 10.0 Å². The molecular weight excluding hydrogens is 451 g/mol. The molecule has 4 rings (SSSR count). The molecule has 2 fully saturated rings. The fourth-order valence-electron chi connectivity index (χ4n) is 3.61. The van der Waals surface area contributed by atoms with E-state index >= 15 is 0 Å². The number of rotatable bonds is 5. The van der Waals surface area contributed by atoms with Crippen LogP contribution in [0.25, 0.3) is 0 Å². The number of alkyl halides is 3. The van der Waals surface area contributed by atoms with E-state index in [1.54, 1.807) is 34.8 Å². The van der Waals surface area contributed by atoms with Gasteiger partial charge in [0.05, 0.1) is 17.6 Å². The van der Waals surface area contributed by atoms with Crippen LogP contribution in [0.3, 0.4) is 0 Å². The van der Waals surface area contributed by atoms with Gasteiger partial charge in [0, 0.05) is 37.7 Å². The molecule has 2 aromatic rings. The Morgan fingerprint density at radius 3 is 2.41 bits per heavy atom. The van der Waals surface area contributed by atoms with E-state index in [9.17, 15) is 21.6 Å². The van der Waals surface area contributed by atoms with Crippen LogP contribution < -0.4 is 5.32 Å². The summed E-state index contributed by atoms with van der Waals surface area (Å²) in [7, 11) is -3.45. The molecule has 8 nitrogen and oxygen atoms in total. The van der Waals surface area contributed by atoms with Gasteiger partial charge in [-0.15, -0.1) is 0 Å². The molecule has 2 saturated heterocycles. The second-order valence-corrected chi connectivity index (χ2v) is 9.27. The number of carboxylic acid groups (broad SMARTS) is 1. The lowest BCUT2D eigenvalue weighted by Crippen LogP contribution is -2.32. The SMILES string of the molecule is O=C(O)C(F)(F)F.O=S(=O)(c1ccccc1)N1C[C@@H]2[C@H](CNc3ccccn3)CO[C@@H]2C1. The van der Waals surface area contributed by atoms with Gasteiger partial charge in [-0.3, -0.25) is 0 Å². The number of ether oxygens (including phenoxy) is 1. The maximum atomic E-state index is 12.8. The summed E-state index contributed by atoms with van der Waals surface area (Å²) in [5, 5.41) is 10.5. The fraction of sp³-hybridized carbons (Fsp3) is 0.400. The molecule has 12 heteroatoms. The second-order valence-electron chi connectivity index (χ2n) is 7.33. The van der Waals surface area contributed by atoms with Crippen LogP contribution >= 0.6 is 0 Å². The van der Waals surface area contributed by atoms with E-state index in [4.69, 9.17) is 14.6 Å². The maximum absolute atomic E-state index is 12.8. The summed E-state index contributed by atoms with van der Waals surface area (Å²) >= 11 is 0. The Kier molecular flexibility index (Phi) is 7.36. The molecule has 32 heavy (non-hydrogen) atoms. The number of benzene rings is 1. The monoisotopic (exact) mass is 473 g/mol. The Morgan fingerprint density at radius 1 is 1.16 bits per heavy atom. The molecule has 174 valence electrons. The molecular formula is C20H22F3N3O5S. The zero-order valence-corrected chi connectivity index (χ0v) is 17.6. The highest BCUT2D eigenvalue weighted by molar-refractivity contribution is 7.89. The molecule has 1 aromatic heterocycles. The summed E-state index contributed by atoms with van der Waals surface area (Å²) in [6, 6.07) is 14.3. The van der Waals surface area contributed by atoms with Crippen molar-refractivity contribution in [2.75, 3.05) is 31.6 Å². The number of carbonyl (C=O) groups is 1. The first-order valence-corrected chi connectivity index (χ1v) is 11.1. The summed E-state index contributed by atoms with van der Waals surface area (Å²) in [4.78, 5) is 13.5. The van der Waals surface area contributed by atoms with Crippen molar-refractivity contribution in [1.82, 2.24) is 9.29 Å². The zero-order valence-electron chi connectivity index (χ0n) is 16.8. The predicted octanol–water partition coefficient (Wildman–Crippen LogP) is 2.46. The Morgan fingerprint density at radius 2 is 1.81 bits per heavy atom. The molecule has 3 atom stereocenters. The van der Waals surface area contributed by atoms with Crippen molar-refractivity contribution in [3.63, 3.8) is 0 Å². The number of nitrogens with one attached hydrogen (secondary N) is 1. The third-order valence-corrected chi connectivity index (χ3v) is 7.09. The standard InChI is InChI=1S/C18H21N3O3S.C2HF3O2/c22-25(23,15-6-2-1-3-7-15)21-11-16-14(13-24-17(16)12-21)10-20-18-8-4-5-9-19-18;3-2(4,5)1(6)7/h1-9,14,16-17H,10-13H2,(H,19,20);(H,6,7)/t14-,16-,17-;/m1./s1. The Bertz CT molecular complexity index is 1010. The summed E-state index contributed by atoms with van der Waals surface area (Å²) in [5.41, 5.74) is 0. The van der Waals surface area contributed by atoms with Crippen LogP contribution in [0.4, 0.5) is 19.0 Å². The number of hydrogen-bond acceptors (Lipinski definition) is 6. The van der Waals surface area contributed by atoms with E-state index < -0.39 is 22.2 Å². The molecule has 2 aliphatic rings. The summed E-state index contributed by atoms with van der Waals surface area (Å²) < 4.78 is 64.8. The van der Waals surface area contributed by atoms with Crippen LogP contribution in [0, 0.1) is 11.8 Å². The Labute approximate surface area is 183 Å². The number of pyridine rings is 1. The van der Waals surface area contributed by atoms with Gasteiger partial charge in [0.15, 0.2) is 0 Å². The summed E-state index contributed by atoms with van der Waals surface area (Å²) in [6.45, 7) is 2.34. The van der Waals surface area contributed by atoms with Crippen molar-refractivity contribution in [3.8, 4) is 0 Å². The van der Waals surface area contributed by atoms with Gasteiger partial charge >= 0.3 is 12.1 Å². The molecule has 0 spiro atoms. The highest BCUT2D eigenvalue weighted by Gasteiger charge is 2.47. The number of halogens is 3. The molecule has 0 amide bonds. The van der Waals surface area contributed by atoms with Crippen LogP contribution in [0.5, 0.6) is 0 Å². The average Bonchev–Trinajstić information content (AvgIpc) is 3.35. The number of anilines is 1. The first-order chi connectivity index (χ1) is 15.1. The van der Waals surface area contributed by atoms with Gasteiger partial charge in [-0.25, -0.2) is 18.2 Å². The zero-order chi connectivity index (χ0) is 23.4. The minimum Gasteiger partial charge on any atom is -0.475 e. The van der Waals surface area contributed by atoms with Gasteiger partial charge in [0.25, 0.3) is 0 Å². The molecule has 2 N–H and O–H groups in total. The second kappa shape index (κ2) is 9.84. The van der Waals surface area contributed by atoms with Crippen LogP contribution in [0.15, 0.2) is 59.6 Å². The summed E-state index contributed by atoms with van der Waals surface area (Å²) in [6.07, 6.45) is -3.35. The van der Waals surface area contributed by atoms with E-state index in [0.717, 1.165) is 12.4 Å². The molecule has 0 aliphatic carbocycles. The van der Waals surface area contributed by atoms with E-state index in [1.807, 2.05) is 24.3 Å². The topological polar surface area (TPSA) is 109 Å². The van der Waals surface area contributed by atoms with Crippen molar-refractivity contribution in [2.24, 2.45) is 11.8 Å². The molecule has 2 aliphatic heterocycles. The fourth-order valence-corrected chi connectivity index (χ4v) is 5.12. The highest BCUT2D eigenvalue weighted by Crippen LogP contribution is 2.36. The number of carboxylic acids is 1. The number of sulfonamides is 1. The number of nitrogens with zero attached hydrogens (tertiary/aromatic N) is 2. The van der Waals surface area contributed by atoms with E-state index in [2.05, 4.69) is 10.3 Å². The maximum Gasteiger partial charge on any atom is 0.490 e. The van der Waals surface area contributed by atoms with E-state index in [-0.39, 0.29) is 17.9 Å². The van der Waals surface area contributed by atoms with Crippen molar-refractivity contribution >= 4 is 21.8 Å². The lowest BCUT2D eigenvalue weighted by atomic mass is 9.93. The molecule has 0 saturated carbocycles. The lowest BCUT2D eigenvalue weighted by Gasteiger charge is -2.20. The molecule has 3 heterocycles. The number of aliphatic carboxylic acids is 1. The molecule has 1 aromatic carbocycles. The van der Waals surface area contributed by atoms with Crippen molar-refractivity contribution in [3.05, 3.63) is 54.7 Å². The summed E-state index contributed by atoms with van der Waals surface area (Å²) in [5.74, 6) is -1.43. The van der Waals surface area contributed by atoms with Crippen LogP contribution in [0.2, 0.25) is 0 Å². The van der Waals surface area contributed by atoms with Crippen LogP contribution in [-0.2, 0) is 19.6 Å². The van der Waals surface area contributed by atoms with E-state index in [0.29, 0.717) is 24.6 Å². The van der Waals surface area contributed by atoms with Crippen molar-refractivity contribution < 1.29 is 36.2 Å². The largest absolute Gasteiger partial charge is 0.490 e. The van der Waals surface area contributed by atoms with Gasteiger partial charge in [-0.1, -0.05) is 24.3 Å². The molecule has 0 unspecified atom stereocenters. The smallest absolute Gasteiger partial charge is 0.475 e. The third kappa shape index (κ3) is 5.75. The van der Waals surface area contributed by atoms with Gasteiger partial charge in [-0.2, -0.15) is 17.5 Å². The van der Waals surface area contributed by atoms with Crippen molar-refractivity contribution in [2.45, 2.75) is 17.2 Å². The predicted molar refractivity (Wildman–Crippen MR) is 108 cm³/mol. The quantitative estimate of drug-likeness (QED) is 0.687. The van der Waals surface area contributed by atoms with Gasteiger partial charge in [-0.05, 0) is 24.3 Å². The average molecular weight is 473 g/mol. The third-order valence-electron chi connectivity index (χ3n) is 5.24. The highest BCUT2D eigenvalue weighted by atomic mass is 32.2. The minimum atomic E-state index is -5.08. The van der Waals surface area contributed by atoms with E-state index in [1.165, 1.54) is 0 Å².